The van der Waals surface area contributed by atoms with E-state index in [0.717, 1.165) is 0 Å². The van der Waals surface area contributed by atoms with Gasteiger partial charge in [0, 0.05) is 37.8 Å². The second kappa shape index (κ2) is 10.5. The molecular weight excluding hydrogens is 404 g/mol. The van der Waals surface area contributed by atoms with Crippen LogP contribution in [-0.2, 0) is 28.8 Å². The Labute approximate surface area is 181 Å². The van der Waals surface area contributed by atoms with Crippen LogP contribution in [0.1, 0.15) is 51.9 Å². The van der Waals surface area contributed by atoms with Gasteiger partial charge in [0.25, 0.3) is 0 Å². The highest BCUT2D eigenvalue weighted by molar-refractivity contribution is 6.02. The van der Waals surface area contributed by atoms with E-state index in [2.05, 4.69) is 0 Å². The topological polar surface area (TPSA) is 161 Å². The van der Waals surface area contributed by atoms with Crippen LogP contribution < -0.4 is 11.5 Å². The minimum absolute atomic E-state index is 0.161. The zero-order valence-electron chi connectivity index (χ0n) is 17.7. The Bertz CT molecular complexity index is 705. The van der Waals surface area contributed by atoms with Gasteiger partial charge >= 0.3 is 0 Å². The maximum Gasteiger partial charge on any atom is 0.240 e. The average molecular weight is 434 g/mol. The van der Waals surface area contributed by atoms with Crippen molar-refractivity contribution < 1.29 is 28.8 Å². The van der Waals surface area contributed by atoms with Gasteiger partial charge in [0.2, 0.25) is 23.6 Å². The van der Waals surface area contributed by atoms with Crippen LogP contribution in [0.5, 0.6) is 0 Å². The molecule has 0 unspecified atom stereocenters. The first-order valence-corrected chi connectivity index (χ1v) is 10.5. The summed E-state index contributed by atoms with van der Waals surface area (Å²) < 4.78 is 0. The predicted molar refractivity (Wildman–Crippen MR) is 109 cm³/mol. The standard InChI is InChI=1S/C21H30N4O6/c1-12(20(30)24-7-3-5-16(24)18(22)28)9-14(26)11-15(27)10-13(2)21(31)25-8-4-6-17(25)19(23)29/h1,12-13,16-17H,3-11H2,2H3,(H2,22,28)(H2,23,29)/t12-,13-,16-,17-/m0/s1. The highest BCUT2D eigenvalue weighted by Crippen LogP contribution is 2.23. The molecule has 2 saturated heterocycles. The minimum atomic E-state index is -1.17. The molecule has 4 N–H and O–H groups in total. The van der Waals surface area contributed by atoms with Crippen molar-refractivity contribution in [2.75, 3.05) is 13.1 Å². The van der Waals surface area contributed by atoms with Gasteiger partial charge in [0.15, 0.2) is 0 Å². The first-order valence-electron chi connectivity index (χ1n) is 10.5. The van der Waals surface area contributed by atoms with Gasteiger partial charge in [-0.15, -0.1) is 0 Å². The number of likely N-dealkylation sites (tertiary alicyclic amines) is 2. The summed E-state index contributed by atoms with van der Waals surface area (Å²) in [7, 11) is 0. The van der Waals surface area contributed by atoms with E-state index in [1.165, 1.54) is 9.80 Å². The van der Waals surface area contributed by atoms with Gasteiger partial charge in [-0.05, 0) is 32.6 Å². The number of nitrogens with zero attached hydrogens (tertiary/aromatic N) is 2. The zero-order chi connectivity index (χ0) is 23.3. The molecule has 0 aromatic carbocycles. The molecule has 2 radical (unpaired) electrons. The maximum absolute atomic E-state index is 12.6. The van der Waals surface area contributed by atoms with Crippen molar-refractivity contribution in [1.29, 1.82) is 0 Å². The number of amides is 4. The largest absolute Gasteiger partial charge is 0.368 e. The molecule has 170 valence electrons. The fourth-order valence-corrected chi connectivity index (χ4v) is 4.27. The van der Waals surface area contributed by atoms with Crippen LogP contribution in [0, 0.1) is 18.8 Å². The second-order valence-electron chi connectivity index (χ2n) is 8.35. The zero-order valence-corrected chi connectivity index (χ0v) is 17.7. The third kappa shape index (κ3) is 6.11. The van der Waals surface area contributed by atoms with E-state index in [-0.39, 0.29) is 18.7 Å². The fraction of sp³-hybridized carbons (Fsp3) is 0.667. The average Bonchev–Trinajstić information content (AvgIpc) is 3.35. The molecule has 0 spiro atoms. The van der Waals surface area contributed by atoms with Crippen LogP contribution >= 0.6 is 0 Å². The van der Waals surface area contributed by atoms with Gasteiger partial charge in [-0.2, -0.15) is 0 Å². The Morgan fingerprint density at radius 3 is 1.77 bits per heavy atom. The highest BCUT2D eigenvalue weighted by atomic mass is 16.2. The number of primary amides is 2. The summed E-state index contributed by atoms with van der Waals surface area (Å²) in [4.78, 5) is 75.1. The third-order valence-electron chi connectivity index (χ3n) is 5.84. The molecule has 2 aliphatic heterocycles. The number of carbonyl (C=O) groups excluding carboxylic acids is 6. The van der Waals surface area contributed by atoms with E-state index in [1.54, 1.807) is 6.92 Å². The first-order chi connectivity index (χ1) is 14.5. The normalized spacial score (nSPS) is 22.8. The fourth-order valence-electron chi connectivity index (χ4n) is 4.27. The molecule has 0 aromatic heterocycles. The molecule has 10 heteroatoms. The van der Waals surface area contributed by atoms with Crippen LogP contribution in [-0.4, -0.2) is 70.2 Å². The van der Waals surface area contributed by atoms with Crippen molar-refractivity contribution >= 4 is 35.2 Å². The molecule has 31 heavy (non-hydrogen) atoms. The maximum atomic E-state index is 12.6. The van der Waals surface area contributed by atoms with Crippen LogP contribution in [0.15, 0.2) is 0 Å². The number of hydrogen-bond acceptors (Lipinski definition) is 6. The van der Waals surface area contributed by atoms with Crippen LogP contribution in [0.3, 0.4) is 0 Å². The van der Waals surface area contributed by atoms with Gasteiger partial charge in [-0.25, -0.2) is 0 Å². The van der Waals surface area contributed by atoms with Crippen molar-refractivity contribution in [3.63, 3.8) is 0 Å². The SMILES string of the molecule is [CH][C@@H](CC(=O)CC(=O)C[C@H](C)C(=O)N1CCC[C@H]1C(N)=O)C(=O)N1CCC[C@H]1C(N)=O. The number of ketones is 2. The molecule has 2 aliphatic rings. The van der Waals surface area contributed by atoms with Crippen LogP contribution in [0.25, 0.3) is 0 Å². The molecule has 2 rings (SSSR count). The van der Waals surface area contributed by atoms with Crippen molar-refractivity contribution in [3.05, 3.63) is 6.92 Å². The van der Waals surface area contributed by atoms with E-state index in [1.807, 2.05) is 0 Å². The Hall–Kier alpha value is -2.78. The molecule has 10 nitrogen and oxygen atoms in total. The lowest BCUT2D eigenvalue weighted by atomic mass is 9.95. The van der Waals surface area contributed by atoms with Gasteiger partial charge < -0.3 is 21.3 Å². The summed E-state index contributed by atoms with van der Waals surface area (Å²) in [5, 5.41) is 0. The Morgan fingerprint density at radius 1 is 0.839 bits per heavy atom. The lowest BCUT2D eigenvalue weighted by Crippen LogP contribution is -2.46. The number of rotatable bonds is 10. The van der Waals surface area contributed by atoms with Gasteiger partial charge in [-0.1, -0.05) is 6.92 Å². The van der Waals surface area contributed by atoms with Gasteiger partial charge in [-0.3, -0.25) is 28.8 Å². The summed E-state index contributed by atoms with van der Waals surface area (Å²) in [5.41, 5.74) is 10.6. The van der Waals surface area contributed by atoms with E-state index in [9.17, 15) is 28.8 Å². The monoisotopic (exact) mass is 434 g/mol. The van der Waals surface area contributed by atoms with E-state index in [0.29, 0.717) is 38.8 Å². The molecule has 0 bridgehead atoms. The highest BCUT2D eigenvalue weighted by Gasteiger charge is 2.37. The lowest BCUT2D eigenvalue weighted by Gasteiger charge is -2.25. The Kier molecular flexibility index (Phi) is 8.29. The molecule has 4 amide bonds. The molecule has 2 heterocycles. The summed E-state index contributed by atoms with van der Waals surface area (Å²) in [5.74, 6) is -4.91. The smallest absolute Gasteiger partial charge is 0.240 e. The minimum Gasteiger partial charge on any atom is -0.368 e. The quantitative estimate of drug-likeness (QED) is 0.428. The van der Waals surface area contributed by atoms with Crippen LogP contribution in [0.4, 0.5) is 0 Å². The molecule has 2 fully saturated rings. The Balaban J connectivity index is 1.83. The third-order valence-corrected chi connectivity index (χ3v) is 5.84. The summed E-state index contributed by atoms with van der Waals surface area (Å²) in [6, 6.07) is -1.39. The molecular formula is C21H30N4O6. The summed E-state index contributed by atoms with van der Waals surface area (Å²) in [6.07, 6.45) is 1.29. The van der Waals surface area contributed by atoms with E-state index in [4.69, 9.17) is 18.4 Å². The number of nitrogens with two attached hydrogens (primary N) is 2. The number of hydrogen-bond donors (Lipinski definition) is 2. The predicted octanol–water partition coefficient (Wildman–Crippen LogP) is -0.789. The van der Waals surface area contributed by atoms with Crippen LogP contribution in [0.2, 0.25) is 0 Å². The lowest BCUT2D eigenvalue weighted by molar-refractivity contribution is -0.142. The van der Waals surface area contributed by atoms with Crippen molar-refractivity contribution in [1.82, 2.24) is 9.80 Å². The second-order valence-corrected chi connectivity index (χ2v) is 8.35. The summed E-state index contributed by atoms with van der Waals surface area (Å²) in [6.45, 7) is 8.14. The molecule has 0 saturated carbocycles. The number of carbonyl (C=O) groups is 6. The van der Waals surface area contributed by atoms with Crippen molar-refractivity contribution in [2.45, 2.75) is 64.0 Å². The van der Waals surface area contributed by atoms with E-state index < -0.39 is 59.6 Å². The Morgan fingerprint density at radius 2 is 1.29 bits per heavy atom. The first kappa shape index (κ1) is 24.5. The molecule has 4 atom stereocenters. The van der Waals surface area contributed by atoms with E-state index >= 15 is 0 Å². The molecule has 0 aliphatic carbocycles. The van der Waals surface area contributed by atoms with Gasteiger partial charge in [0.05, 0.1) is 6.42 Å². The van der Waals surface area contributed by atoms with Crippen molar-refractivity contribution in [2.24, 2.45) is 23.3 Å². The van der Waals surface area contributed by atoms with Gasteiger partial charge in [0.1, 0.15) is 23.7 Å². The summed E-state index contributed by atoms with van der Waals surface area (Å²) >= 11 is 0. The molecule has 0 aromatic rings. The number of Topliss-reactive ketones (excluding diaryl/α,β-unsaturated/α-hetero) is 2. The van der Waals surface area contributed by atoms with Crippen molar-refractivity contribution in [3.8, 4) is 0 Å².